The molecule has 0 unspecified atom stereocenters. The van der Waals surface area contributed by atoms with Crippen LogP contribution in [0.15, 0.2) is 33.9 Å². The number of carbonyl (C=O) groups excluding carboxylic acids is 1. The number of H-pyrrole nitrogens is 1. The van der Waals surface area contributed by atoms with Crippen LogP contribution in [0.2, 0.25) is 0 Å². The summed E-state index contributed by atoms with van der Waals surface area (Å²) in [6.45, 7) is 1.70. The van der Waals surface area contributed by atoms with Crippen LogP contribution in [-0.2, 0) is 16.1 Å². The van der Waals surface area contributed by atoms with Crippen molar-refractivity contribution in [3.63, 3.8) is 0 Å². The first-order chi connectivity index (χ1) is 11.6. The van der Waals surface area contributed by atoms with Crippen LogP contribution < -0.4 is 16.4 Å². The van der Waals surface area contributed by atoms with Gasteiger partial charge in [-0.05, 0) is 37.3 Å². The standard InChI is InChI=1S/C17H21N3O4/c21-15(18-8-3-9-24-11-12-6-7-12)10-20-17(23)14-5-2-1-4-13(14)16(22)19-20/h1-2,4-5,12H,3,6-11H2,(H,18,21)(H,19,22). The van der Waals surface area contributed by atoms with E-state index in [9.17, 15) is 14.4 Å². The van der Waals surface area contributed by atoms with E-state index in [4.69, 9.17) is 4.74 Å². The molecule has 1 fully saturated rings. The fourth-order valence-electron chi connectivity index (χ4n) is 2.49. The van der Waals surface area contributed by atoms with Gasteiger partial charge in [0.2, 0.25) is 5.91 Å². The summed E-state index contributed by atoms with van der Waals surface area (Å²) in [6.07, 6.45) is 3.24. The van der Waals surface area contributed by atoms with E-state index in [1.165, 1.54) is 12.8 Å². The number of ether oxygens (including phenoxy) is 1. The van der Waals surface area contributed by atoms with Crippen LogP contribution in [0.25, 0.3) is 10.8 Å². The number of benzene rings is 1. The number of carbonyl (C=O) groups is 1. The van der Waals surface area contributed by atoms with Crippen molar-refractivity contribution in [2.75, 3.05) is 19.8 Å². The van der Waals surface area contributed by atoms with Crippen LogP contribution >= 0.6 is 0 Å². The molecule has 1 heterocycles. The molecule has 0 spiro atoms. The molecule has 7 heteroatoms. The van der Waals surface area contributed by atoms with Crippen LogP contribution in [0.1, 0.15) is 19.3 Å². The summed E-state index contributed by atoms with van der Waals surface area (Å²) in [5, 5.41) is 5.81. The van der Waals surface area contributed by atoms with E-state index < -0.39 is 0 Å². The van der Waals surface area contributed by atoms with Gasteiger partial charge in [0.1, 0.15) is 6.54 Å². The predicted octanol–water partition coefficient (Wildman–Crippen LogP) is 0.623. The first kappa shape index (κ1) is 16.4. The molecule has 2 N–H and O–H groups in total. The van der Waals surface area contributed by atoms with Gasteiger partial charge in [-0.2, -0.15) is 0 Å². The summed E-state index contributed by atoms with van der Waals surface area (Å²) < 4.78 is 6.53. The van der Waals surface area contributed by atoms with Crippen LogP contribution in [0.5, 0.6) is 0 Å². The first-order valence-corrected chi connectivity index (χ1v) is 8.21. The molecule has 24 heavy (non-hydrogen) atoms. The second-order valence-corrected chi connectivity index (χ2v) is 6.10. The highest BCUT2D eigenvalue weighted by Crippen LogP contribution is 2.28. The minimum absolute atomic E-state index is 0.207. The van der Waals surface area contributed by atoms with Crippen molar-refractivity contribution in [3.05, 3.63) is 45.0 Å². The summed E-state index contributed by atoms with van der Waals surface area (Å²) in [6, 6.07) is 6.55. The third-order valence-electron chi connectivity index (χ3n) is 4.02. The van der Waals surface area contributed by atoms with Crippen LogP contribution in [0, 0.1) is 5.92 Å². The van der Waals surface area contributed by atoms with E-state index in [0.29, 0.717) is 23.9 Å². The maximum absolute atomic E-state index is 12.3. The molecule has 7 nitrogen and oxygen atoms in total. The summed E-state index contributed by atoms with van der Waals surface area (Å²) in [4.78, 5) is 36.2. The average Bonchev–Trinajstić information content (AvgIpc) is 3.40. The number of hydrogen-bond donors (Lipinski definition) is 2. The number of nitrogens with zero attached hydrogens (tertiary/aromatic N) is 1. The van der Waals surface area contributed by atoms with Gasteiger partial charge in [0.15, 0.2) is 0 Å². The molecule has 1 amide bonds. The zero-order valence-electron chi connectivity index (χ0n) is 13.4. The van der Waals surface area contributed by atoms with Gasteiger partial charge in [-0.1, -0.05) is 12.1 Å². The number of rotatable bonds is 8. The van der Waals surface area contributed by atoms with Gasteiger partial charge >= 0.3 is 0 Å². The van der Waals surface area contributed by atoms with Crippen molar-refractivity contribution < 1.29 is 9.53 Å². The third kappa shape index (κ3) is 4.11. The lowest BCUT2D eigenvalue weighted by molar-refractivity contribution is -0.121. The minimum Gasteiger partial charge on any atom is -0.381 e. The Bertz CT molecular complexity index is 836. The third-order valence-corrected chi connectivity index (χ3v) is 4.02. The largest absolute Gasteiger partial charge is 0.381 e. The van der Waals surface area contributed by atoms with Crippen molar-refractivity contribution in [1.82, 2.24) is 15.1 Å². The number of aromatic amines is 1. The van der Waals surface area contributed by atoms with E-state index >= 15 is 0 Å². The summed E-state index contributed by atoms with van der Waals surface area (Å²) in [5.74, 6) is 0.418. The van der Waals surface area contributed by atoms with Gasteiger partial charge < -0.3 is 10.1 Å². The molecular formula is C17H21N3O4. The summed E-state index contributed by atoms with van der Waals surface area (Å²) in [7, 11) is 0. The van der Waals surface area contributed by atoms with Crippen molar-refractivity contribution in [2.24, 2.45) is 5.92 Å². The Morgan fingerprint density at radius 3 is 2.75 bits per heavy atom. The maximum atomic E-state index is 12.3. The molecule has 1 saturated carbocycles. The normalized spacial score (nSPS) is 14.0. The van der Waals surface area contributed by atoms with E-state index in [-0.39, 0.29) is 23.6 Å². The van der Waals surface area contributed by atoms with Crippen molar-refractivity contribution in [2.45, 2.75) is 25.8 Å². The van der Waals surface area contributed by atoms with Gasteiger partial charge in [-0.15, -0.1) is 0 Å². The lowest BCUT2D eigenvalue weighted by Crippen LogP contribution is -2.37. The number of nitrogens with one attached hydrogen (secondary N) is 2. The Kier molecular flexibility index (Phi) is 5.10. The van der Waals surface area contributed by atoms with E-state index in [1.807, 2.05) is 0 Å². The molecule has 1 aliphatic rings. The van der Waals surface area contributed by atoms with Crippen LogP contribution in [0.3, 0.4) is 0 Å². The predicted molar refractivity (Wildman–Crippen MR) is 90.0 cm³/mol. The summed E-state index contributed by atoms with van der Waals surface area (Å²) >= 11 is 0. The molecule has 0 aliphatic heterocycles. The zero-order chi connectivity index (χ0) is 16.9. The van der Waals surface area contributed by atoms with E-state index in [2.05, 4.69) is 10.4 Å². The second kappa shape index (κ2) is 7.44. The molecule has 1 aromatic heterocycles. The van der Waals surface area contributed by atoms with E-state index in [0.717, 1.165) is 23.6 Å². The Morgan fingerprint density at radius 1 is 1.25 bits per heavy atom. The van der Waals surface area contributed by atoms with Crippen LogP contribution in [-0.4, -0.2) is 35.4 Å². The van der Waals surface area contributed by atoms with Gasteiger partial charge in [-0.3, -0.25) is 19.5 Å². The molecule has 0 bridgehead atoms. The first-order valence-electron chi connectivity index (χ1n) is 8.21. The Hall–Kier alpha value is -2.41. The highest BCUT2D eigenvalue weighted by atomic mass is 16.5. The average molecular weight is 331 g/mol. The number of aromatic nitrogens is 2. The Morgan fingerprint density at radius 2 is 2.00 bits per heavy atom. The highest BCUT2D eigenvalue weighted by Gasteiger charge is 2.20. The molecule has 0 radical (unpaired) electrons. The lowest BCUT2D eigenvalue weighted by atomic mass is 10.2. The maximum Gasteiger partial charge on any atom is 0.273 e. The van der Waals surface area contributed by atoms with Crippen molar-refractivity contribution in [3.8, 4) is 0 Å². The smallest absolute Gasteiger partial charge is 0.273 e. The quantitative estimate of drug-likeness (QED) is 0.694. The zero-order valence-corrected chi connectivity index (χ0v) is 13.4. The number of amides is 1. The number of hydrogen-bond acceptors (Lipinski definition) is 4. The van der Waals surface area contributed by atoms with E-state index in [1.54, 1.807) is 24.3 Å². The van der Waals surface area contributed by atoms with Crippen molar-refractivity contribution in [1.29, 1.82) is 0 Å². The topological polar surface area (TPSA) is 93.2 Å². The SMILES string of the molecule is O=C(Cn1[nH]c(=O)c2ccccc2c1=O)NCCCOCC1CC1. The fourth-order valence-corrected chi connectivity index (χ4v) is 2.49. The monoisotopic (exact) mass is 331 g/mol. The molecule has 0 atom stereocenters. The highest BCUT2D eigenvalue weighted by molar-refractivity contribution is 5.81. The van der Waals surface area contributed by atoms with Gasteiger partial charge in [-0.25, -0.2) is 4.68 Å². The molecule has 3 rings (SSSR count). The minimum atomic E-state index is -0.383. The molecule has 0 saturated heterocycles. The number of fused-ring (bicyclic) bond motifs is 1. The molecule has 1 aromatic carbocycles. The van der Waals surface area contributed by atoms with Crippen LogP contribution in [0.4, 0.5) is 0 Å². The Balaban J connectivity index is 1.52. The molecule has 128 valence electrons. The van der Waals surface area contributed by atoms with Gasteiger partial charge in [0.25, 0.3) is 11.1 Å². The summed E-state index contributed by atoms with van der Waals surface area (Å²) in [5.41, 5.74) is -0.764. The fraction of sp³-hybridized carbons (Fsp3) is 0.471. The Labute approximate surface area is 138 Å². The lowest BCUT2D eigenvalue weighted by Gasteiger charge is -2.08. The van der Waals surface area contributed by atoms with Gasteiger partial charge in [0.05, 0.1) is 10.8 Å². The second-order valence-electron chi connectivity index (χ2n) is 6.10. The molecular weight excluding hydrogens is 310 g/mol. The van der Waals surface area contributed by atoms with Gasteiger partial charge in [0, 0.05) is 19.8 Å². The molecule has 1 aliphatic carbocycles. The van der Waals surface area contributed by atoms with Crippen molar-refractivity contribution >= 4 is 16.7 Å². The molecule has 2 aromatic rings.